The lowest BCUT2D eigenvalue weighted by molar-refractivity contribution is 0.0950. The summed E-state index contributed by atoms with van der Waals surface area (Å²) in [6.07, 6.45) is 6.17. The van der Waals surface area contributed by atoms with Gasteiger partial charge in [-0.2, -0.15) is 0 Å². The standard InChI is InChI=1S/C16H24N2O2/c1-11-2-4-12(5-3-11)8-9-18-16(20)14-10-13(19)6-7-15(14)17/h6-7,10-12,19H,2-5,8-9,17H2,1H3,(H,18,20). The average Bonchev–Trinajstić information content (AvgIpc) is 2.43. The van der Waals surface area contributed by atoms with Crippen LogP contribution in [0.3, 0.4) is 0 Å². The minimum atomic E-state index is -0.206. The third kappa shape index (κ3) is 3.89. The number of benzene rings is 1. The van der Waals surface area contributed by atoms with Gasteiger partial charge in [0.05, 0.1) is 5.56 Å². The van der Waals surface area contributed by atoms with Gasteiger partial charge in [0.1, 0.15) is 5.75 Å². The Kier molecular flexibility index (Phi) is 4.88. The monoisotopic (exact) mass is 276 g/mol. The van der Waals surface area contributed by atoms with E-state index >= 15 is 0 Å². The molecule has 0 unspecified atom stereocenters. The zero-order valence-electron chi connectivity index (χ0n) is 12.1. The molecule has 0 spiro atoms. The zero-order valence-corrected chi connectivity index (χ0v) is 12.1. The van der Waals surface area contributed by atoms with Crippen molar-refractivity contribution in [3.05, 3.63) is 23.8 Å². The van der Waals surface area contributed by atoms with Gasteiger partial charge in [0, 0.05) is 12.2 Å². The number of carbonyl (C=O) groups is 1. The minimum absolute atomic E-state index is 0.0608. The minimum Gasteiger partial charge on any atom is -0.508 e. The van der Waals surface area contributed by atoms with E-state index in [1.165, 1.54) is 37.8 Å². The molecule has 1 aromatic rings. The van der Waals surface area contributed by atoms with Crippen molar-refractivity contribution >= 4 is 11.6 Å². The smallest absolute Gasteiger partial charge is 0.253 e. The Morgan fingerprint density at radius 1 is 1.35 bits per heavy atom. The molecular weight excluding hydrogens is 252 g/mol. The molecule has 0 heterocycles. The second-order valence-corrected chi connectivity index (χ2v) is 5.94. The molecule has 4 nitrogen and oxygen atoms in total. The number of rotatable bonds is 4. The van der Waals surface area contributed by atoms with E-state index in [1.807, 2.05) is 0 Å². The van der Waals surface area contributed by atoms with Crippen molar-refractivity contribution in [3.8, 4) is 5.75 Å². The number of hydrogen-bond acceptors (Lipinski definition) is 3. The number of anilines is 1. The van der Waals surface area contributed by atoms with Crippen LogP contribution in [0.25, 0.3) is 0 Å². The third-order valence-corrected chi connectivity index (χ3v) is 4.26. The molecular formula is C16H24N2O2. The summed E-state index contributed by atoms with van der Waals surface area (Å²) < 4.78 is 0. The molecule has 1 amide bonds. The van der Waals surface area contributed by atoms with E-state index in [4.69, 9.17) is 5.73 Å². The van der Waals surface area contributed by atoms with Crippen LogP contribution in [0, 0.1) is 11.8 Å². The van der Waals surface area contributed by atoms with Crippen LogP contribution in [0.15, 0.2) is 18.2 Å². The quantitative estimate of drug-likeness (QED) is 0.584. The normalized spacial score (nSPS) is 22.4. The highest BCUT2D eigenvalue weighted by Crippen LogP contribution is 2.30. The Balaban J connectivity index is 1.79. The largest absolute Gasteiger partial charge is 0.508 e. The summed E-state index contributed by atoms with van der Waals surface area (Å²) in [6, 6.07) is 4.44. The van der Waals surface area contributed by atoms with Crippen molar-refractivity contribution in [1.82, 2.24) is 5.32 Å². The Morgan fingerprint density at radius 2 is 2.05 bits per heavy atom. The number of phenols is 1. The lowest BCUT2D eigenvalue weighted by Gasteiger charge is -2.26. The van der Waals surface area contributed by atoms with Gasteiger partial charge in [0.15, 0.2) is 0 Å². The van der Waals surface area contributed by atoms with Crippen molar-refractivity contribution < 1.29 is 9.90 Å². The predicted octanol–water partition coefficient (Wildman–Crippen LogP) is 2.92. The van der Waals surface area contributed by atoms with E-state index < -0.39 is 0 Å². The second-order valence-electron chi connectivity index (χ2n) is 5.94. The maximum absolute atomic E-state index is 12.0. The number of phenolic OH excluding ortho intramolecular Hbond substituents is 1. The number of nitrogens with two attached hydrogens (primary N) is 1. The summed E-state index contributed by atoms with van der Waals surface area (Å²) in [7, 11) is 0. The molecule has 1 aliphatic rings. The first-order valence-corrected chi connectivity index (χ1v) is 7.43. The molecule has 0 aromatic heterocycles. The van der Waals surface area contributed by atoms with Crippen molar-refractivity contribution in [1.29, 1.82) is 0 Å². The summed E-state index contributed by atoms with van der Waals surface area (Å²) in [5, 5.41) is 12.3. The fourth-order valence-electron chi connectivity index (χ4n) is 2.84. The van der Waals surface area contributed by atoms with Gasteiger partial charge in [0.2, 0.25) is 0 Å². The topological polar surface area (TPSA) is 75.3 Å². The Morgan fingerprint density at radius 3 is 2.75 bits per heavy atom. The predicted molar refractivity (Wildman–Crippen MR) is 80.6 cm³/mol. The number of carbonyl (C=O) groups excluding carboxylic acids is 1. The van der Waals surface area contributed by atoms with E-state index in [0.717, 1.165) is 18.3 Å². The number of aromatic hydroxyl groups is 1. The van der Waals surface area contributed by atoms with E-state index in [2.05, 4.69) is 12.2 Å². The van der Waals surface area contributed by atoms with Crippen LogP contribution < -0.4 is 11.1 Å². The highest BCUT2D eigenvalue weighted by molar-refractivity contribution is 5.99. The third-order valence-electron chi connectivity index (χ3n) is 4.26. The molecule has 4 N–H and O–H groups in total. The molecule has 110 valence electrons. The van der Waals surface area contributed by atoms with Gasteiger partial charge in [0.25, 0.3) is 5.91 Å². The average molecular weight is 276 g/mol. The van der Waals surface area contributed by atoms with Gasteiger partial charge in [-0.25, -0.2) is 0 Å². The number of hydrogen-bond donors (Lipinski definition) is 3. The van der Waals surface area contributed by atoms with Crippen LogP contribution in [-0.2, 0) is 0 Å². The van der Waals surface area contributed by atoms with Gasteiger partial charge < -0.3 is 16.2 Å². The molecule has 0 saturated heterocycles. The van der Waals surface area contributed by atoms with E-state index in [1.54, 1.807) is 6.07 Å². The summed E-state index contributed by atoms with van der Waals surface area (Å²) in [5.74, 6) is 1.44. The lowest BCUT2D eigenvalue weighted by Crippen LogP contribution is -2.27. The molecule has 0 radical (unpaired) electrons. The van der Waals surface area contributed by atoms with Gasteiger partial charge in [-0.1, -0.05) is 32.6 Å². The van der Waals surface area contributed by atoms with E-state index in [0.29, 0.717) is 17.8 Å². The van der Waals surface area contributed by atoms with Crippen molar-refractivity contribution in [3.63, 3.8) is 0 Å². The molecule has 0 atom stereocenters. The maximum Gasteiger partial charge on any atom is 0.253 e. The van der Waals surface area contributed by atoms with Crippen LogP contribution in [-0.4, -0.2) is 17.6 Å². The molecule has 1 aromatic carbocycles. The van der Waals surface area contributed by atoms with Gasteiger partial charge in [-0.3, -0.25) is 4.79 Å². The first kappa shape index (κ1) is 14.7. The van der Waals surface area contributed by atoms with Gasteiger partial charge >= 0.3 is 0 Å². The summed E-state index contributed by atoms with van der Waals surface area (Å²) in [6.45, 7) is 2.98. The van der Waals surface area contributed by atoms with Crippen LogP contribution in [0.5, 0.6) is 5.75 Å². The summed E-state index contributed by atoms with van der Waals surface area (Å²) in [5.41, 5.74) is 6.49. The number of nitrogen functional groups attached to an aromatic ring is 1. The van der Waals surface area contributed by atoms with E-state index in [-0.39, 0.29) is 11.7 Å². The fraction of sp³-hybridized carbons (Fsp3) is 0.562. The fourth-order valence-corrected chi connectivity index (χ4v) is 2.84. The molecule has 20 heavy (non-hydrogen) atoms. The van der Waals surface area contributed by atoms with Gasteiger partial charge in [-0.05, 0) is 36.5 Å². The molecule has 2 rings (SSSR count). The highest BCUT2D eigenvalue weighted by Gasteiger charge is 2.18. The molecule has 1 fully saturated rings. The Bertz CT molecular complexity index is 466. The van der Waals surface area contributed by atoms with Crippen molar-refractivity contribution in [2.45, 2.75) is 39.0 Å². The Labute approximate surface area is 120 Å². The highest BCUT2D eigenvalue weighted by atomic mass is 16.3. The van der Waals surface area contributed by atoms with Crippen molar-refractivity contribution in [2.24, 2.45) is 11.8 Å². The zero-order chi connectivity index (χ0) is 14.5. The summed E-state index contributed by atoms with van der Waals surface area (Å²) in [4.78, 5) is 12.0. The maximum atomic E-state index is 12.0. The molecule has 4 heteroatoms. The Hall–Kier alpha value is -1.71. The van der Waals surface area contributed by atoms with Crippen LogP contribution in [0.1, 0.15) is 49.4 Å². The van der Waals surface area contributed by atoms with Crippen LogP contribution >= 0.6 is 0 Å². The van der Waals surface area contributed by atoms with Gasteiger partial charge in [-0.15, -0.1) is 0 Å². The lowest BCUT2D eigenvalue weighted by atomic mass is 9.81. The molecule has 0 bridgehead atoms. The van der Waals surface area contributed by atoms with Crippen LogP contribution in [0.2, 0.25) is 0 Å². The first-order valence-electron chi connectivity index (χ1n) is 7.43. The van der Waals surface area contributed by atoms with E-state index in [9.17, 15) is 9.90 Å². The number of nitrogens with one attached hydrogen (secondary N) is 1. The van der Waals surface area contributed by atoms with Crippen LogP contribution in [0.4, 0.5) is 5.69 Å². The number of amides is 1. The summed E-state index contributed by atoms with van der Waals surface area (Å²) >= 11 is 0. The first-order chi connectivity index (χ1) is 9.56. The SMILES string of the molecule is CC1CCC(CCNC(=O)c2cc(O)ccc2N)CC1. The molecule has 1 saturated carbocycles. The molecule has 1 aliphatic carbocycles. The second kappa shape index (κ2) is 6.64. The van der Waals surface area contributed by atoms with Crippen molar-refractivity contribution in [2.75, 3.05) is 12.3 Å². The molecule has 0 aliphatic heterocycles.